The highest BCUT2D eigenvalue weighted by Crippen LogP contribution is 2.20. The Balaban J connectivity index is 1.76. The van der Waals surface area contributed by atoms with Crippen molar-refractivity contribution in [3.8, 4) is 11.5 Å². The predicted molar refractivity (Wildman–Crippen MR) is 100 cm³/mol. The number of ether oxygens (including phenoxy) is 1. The van der Waals surface area contributed by atoms with Gasteiger partial charge in [0.05, 0.1) is 24.3 Å². The Morgan fingerprint density at radius 3 is 2.45 bits per heavy atom. The molecule has 168 valence electrons. The summed E-state index contributed by atoms with van der Waals surface area (Å²) in [5.74, 6) is 2.62. The van der Waals surface area contributed by atoms with E-state index in [4.69, 9.17) is 25.7 Å². The molecule has 0 fully saturated rings. The van der Waals surface area contributed by atoms with Crippen LogP contribution >= 0.6 is 0 Å². The van der Waals surface area contributed by atoms with Crippen molar-refractivity contribution in [1.82, 2.24) is 0 Å². The van der Waals surface area contributed by atoms with Gasteiger partial charge < -0.3 is 19.8 Å². The van der Waals surface area contributed by atoms with Gasteiger partial charge in [-0.25, -0.2) is 24.3 Å². The number of hydrogen-bond donors (Lipinski definition) is 4. The monoisotopic (exact) mass is 439 g/mol. The summed E-state index contributed by atoms with van der Waals surface area (Å²) in [5.41, 5.74) is 0.638. The first kappa shape index (κ1) is 24.0. The van der Waals surface area contributed by atoms with Gasteiger partial charge in [0.15, 0.2) is 5.75 Å². The molecule has 0 radical (unpaired) electrons. The van der Waals surface area contributed by atoms with E-state index in [0.717, 1.165) is 12.1 Å². The second-order valence-electron chi connectivity index (χ2n) is 5.99. The molecule has 0 aliphatic rings. The second-order valence-corrected chi connectivity index (χ2v) is 5.99. The molecule has 0 unspecified atom stereocenters. The van der Waals surface area contributed by atoms with E-state index in [2.05, 4.69) is 14.8 Å². The van der Waals surface area contributed by atoms with E-state index in [9.17, 15) is 19.8 Å². The van der Waals surface area contributed by atoms with Crippen LogP contribution in [0.4, 0.5) is 0 Å². The van der Waals surface area contributed by atoms with E-state index < -0.39 is 11.9 Å². The van der Waals surface area contributed by atoms with Gasteiger partial charge in [-0.2, -0.15) is 5.90 Å². The van der Waals surface area contributed by atoms with Gasteiger partial charge in [0.25, 0.3) is 0 Å². The van der Waals surface area contributed by atoms with E-state index in [1.807, 2.05) is 0 Å². The number of hydrogen-bond acceptors (Lipinski definition) is 11. The minimum Gasteiger partial charge on any atom is -0.508 e. The van der Waals surface area contributed by atoms with Gasteiger partial charge in [-0.15, -0.1) is 0 Å². The molecule has 0 saturated heterocycles. The smallest absolute Gasteiger partial charge is 0.339 e. The molecular weight excluding hydrogens is 418 g/mol. The van der Waals surface area contributed by atoms with Gasteiger partial charge in [0, 0.05) is 6.42 Å². The number of carbonyl (C=O) groups is 2. The molecule has 0 aliphatic carbocycles. The number of phenolic OH excluding ortho intramolecular Hbond substituents is 1. The highest BCUT2D eigenvalue weighted by molar-refractivity contribution is 6.02. The van der Waals surface area contributed by atoms with E-state index in [0.29, 0.717) is 11.1 Å². The lowest BCUT2D eigenvalue weighted by molar-refractivity contribution is -0.305. The topological polar surface area (TPSA) is 176 Å². The molecule has 0 spiro atoms. The van der Waals surface area contributed by atoms with Gasteiger partial charge in [0.2, 0.25) is 0 Å². The number of carboxylic acid groups (broad SMARTS) is 1. The first-order chi connectivity index (χ1) is 15.0. The fourth-order valence-corrected chi connectivity index (χ4v) is 2.47. The molecule has 0 heterocycles. The molecule has 31 heavy (non-hydrogen) atoms. The van der Waals surface area contributed by atoms with Crippen LogP contribution in [-0.4, -0.2) is 40.6 Å². The summed E-state index contributed by atoms with van der Waals surface area (Å²) < 4.78 is 5.04. The maximum atomic E-state index is 12.2. The lowest BCUT2D eigenvalue weighted by Gasteiger charge is -2.10. The summed E-state index contributed by atoms with van der Waals surface area (Å²) >= 11 is 0. The standard InChI is InChI=1S/C19H21NO11/c20-31-30-15-4-5-16(18(22)23)17(9-15)19(24)26-6-1-7-28-29-11-12-2-3-14(21)8-13(12)10-27-25/h2-5,8-9,21,25H,1,6-7,10-11,20H2,(H,22,23). The van der Waals surface area contributed by atoms with E-state index in [1.54, 1.807) is 6.07 Å². The molecule has 2 aromatic carbocycles. The molecule has 5 N–H and O–H groups in total. The Labute approximate surface area is 176 Å². The lowest BCUT2D eigenvalue weighted by Crippen LogP contribution is -2.14. The number of phenols is 1. The summed E-state index contributed by atoms with van der Waals surface area (Å²) in [6.07, 6.45) is 0.262. The molecule has 12 heteroatoms. The summed E-state index contributed by atoms with van der Waals surface area (Å²) in [7, 11) is 0. The van der Waals surface area contributed by atoms with Crippen LogP contribution < -0.4 is 10.8 Å². The number of rotatable bonds is 13. The van der Waals surface area contributed by atoms with Gasteiger partial charge in [-0.1, -0.05) is 11.1 Å². The van der Waals surface area contributed by atoms with Gasteiger partial charge in [-0.3, -0.25) is 5.26 Å². The van der Waals surface area contributed by atoms with Crippen LogP contribution in [0.5, 0.6) is 11.5 Å². The Morgan fingerprint density at radius 2 is 1.74 bits per heavy atom. The zero-order chi connectivity index (χ0) is 22.6. The molecule has 2 aromatic rings. The SMILES string of the molecule is NOOc1ccc(C(=O)O)c(C(=O)OCCCOOCc2ccc(O)cc2COO)c1. The zero-order valence-corrected chi connectivity index (χ0v) is 16.2. The minimum atomic E-state index is -1.32. The highest BCUT2D eigenvalue weighted by Gasteiger charge is 2.19. The molecular formula is C19H21NO11. The normalized spacial score (nSPS) is 10.6. The van der Waals surface area contributed by atoms with Crippen molar-refractivity contribution in [3.05, 3.63) is 58.7 Å². The third-order valence-electron chi connectivity index (χ3n) is 3.90. The highest BCUT2D eigenvalue weighted by atomic mass is 17.3. The number of nitrogens with two attached hydrogens (primary N) is 1. The number of aromatic hydroxyl groups is 1. The third-order valence-corrected chi connectivity index (χ3v) is 3.90. The fraction of sp³-hybridized carbons (Fsp3) is 0.263. The van der Waals surface area contributed by atoms with Crippen LogP contribution in [0, 0.1) is 0 Å². The quantitative estimate of drug-likeness (QED) is 0.155. The van der Waals surface area contributed by atoms with Gasteiger partial charge in [0.1, 0.15) is 19.0 Å². The molecule has 0 atom stereocenters. The van der Waals surface area contributed by atoms with Crippen molar-refractivity contribution in [2.75, 3.05) is 13.2 Å². The van der Waals surface area contributed by atoms with Crippen LogP contribution in [0.2, 0.25) is 0 Å². The van der Waals surface area contributed by atoms with Gasteiger partial charge >= 0.3 is 11.9 Å². The Kier molecular flexibility index (Phi) is 9.64. The molecule has 12 nitrogen and oxygen atoms in total. The molecule has 0 aromatic heterocycles. The lowest BCUT2D eigenvalue weighted by atomic mass is 10.1. The summed E-state index contributed by atoms with van der Waals surface area (Å²) in [6.45, 7) is -0.0998. The number of carbonyl (C=O) groups excluding carboxylic acids is 1. The average Bonchev–Trinajstić information content (AvgIpc) is 2.74. The molecule has 0 amide bonds. The minimum absolute atomic E-state index is 0.0113. The number of benzene rings is 2. The average molecular weight is 439 g/mol. The molecule has 0 aliphatic heterocycles. The fourth-order valence-electron chi connectivity index (χ4n) is 2.47. The van der Waals surface area contributed by atoms with Crippen LogP contribution in [0.1, 0.15) is 38.3 Å². The van der Waals surface area contributed by atoms with Crippen LogP contribution in [0.3, 0.4) is 0 Å². The molecule has 0 saturated carbocycles. The van der Waals surface area contributed by atoms with Crippen LogP contribution in [0.15, 0.2) is 36.4 Å². The first-order valence-electron chi connectivity index (χ1n) is 8.85. The maximum Gasteiger partial charge on any atom is 0.339 e. The number of aromatic carboxylic acids is 1. The Morgan fingerprint density at radius 1 is 0.935 bits per heavy atom. The van der Waals surface area contributed by atoms with Crippen molar-refractivity contribution >= 4 is 11.9 Å². The van der Waals surface area contributed by atoms with Crippen LogP contribution in [-0.2, 0) is 37.6 Å². The van der Waals surface area contributed by atoms with E-state index in [-0.39, 0.29) is 55.5 Å². The first-order valence-corrected chi connectivity index (χ1v) is 8.85. The maximum absolute atomic E-state index is 12.2. The largest absolute Gasteiger partial charge is 0.508 e. The third kappa shape index (κ3) is 7.49. The predicted octanol–water partition coefficient (Wildman–Crippen LogP) is 1.96. The van der Waals surface area contributed by atoms with Crippen LogP contribution in [0.25, 0.3) is 0 Å². The summed E-state index contributed by atoms with van der Waals surface area (Å²) in [6, 6.07) is 8.00. The van der Waals surface area contributed by atoms with Crippen molar-refractivity contribution < 1.29 is 54.3 Å². The summed E-state index contributed by atoms with van der Waals surface area (Å²) in [4.78, 5) is 46.1. The number of esters is 1. The Bertz CT molecular complexity index is 887. The molecule has 0 bridgehead atoms. The number of carboxylic acids is 1. The van der Waals surface area contributed by atoms with Gasteiger partial charge in [-0.05, 0) is 41.5 Å². The van der Waals surface area contributed by atoms with Crippen molar-refractivity contribution in [3.63, 3.8) is 0 Å². The molecule has 2 rings (SSSR count). The van der Waals surface area contributed by atoms with Crippen molar-refractivity contribution in [2.45, 2.75) is 19.6 Å². The Hall–Kier alpha value is -3.26. The summed E-state index contributed by atoms with van der Waals surface area (Å²) in [5, 5.41) is 27.2. The van der Waals surface area contributed by atoms with E-state index >= 15 is 0 Å². The van der Waals surface area contributed by atoms with E-state index in [1.165, 1.54) is 18.2 Å². The second kappa shape index (κ2) is 12.4. The zero-order valence-electron chi connectivity index (χ0n) is 16.2. The van der Waals surface area contributed by atoms with Crippen molar-refractivity contribution in [1.29, 1.82) is 0 Å². The van der Waals surface area contributed by atoms with Crippen molar-refractivity contribution in [2.24, 2.45) is 5.90 Å².